The molecule has 0 aliphatic carbocycles. The molecule has 1 aliphatic rings. The van der Waals surface area contributed by atoms with E-state index in [0.717, 1.165) is 19.6 Å². The van der Waals surface area contributed by atoms with Gasteiger partial charge in [0.05, 0.1) is 12.7 Å². The quantitative estimate of drug-likeness (QED) is 0.703. The van der Waals surface area contributed by atoms with Crippen LogP contribution in [0.5, 0.6) is 0 Å². The average Bonchev–Trinajstić information content (AvgIpc) is 2.69. The number of amides is 1. The Balaban J connectivity index is 1.64. The van der Waals surface area contributed by atoms with Gasteiger partial charge in [0.25, 0.3) is 5.91 Å². The normalized spacial score (nSPS) is 17.5. The van der Waals surface area contributed by atoms with Gasteiger partial charge in [-0.25, -0.2) is 4.39 Å². The first-order chi connectivity index (χ1) is 13.9. The lowest BCUT2D eigenvalue weighted by atomic mass is 10.1. The van der Waals surface area contributed by atoms with Crippen molar-refractivity contribution < 1.29 is 13.9 Å². The van der Waals surface area contributed by atoms with Crippen LogP contribution in [0, 0.1) is 18.7 Å². The van der Waals surface area contributed by atoms with E-state index in [1.54, 1.807) is 12.1 Å². The fourth-order valence-corrected chi connectivity index (χ4v) is 3.69. The van der Waals surface area contributed by atoms with E-state index in [9.17, 15) is 9.18 Å². The SMILES string of the molecule is Cc1ccc(CN2CCOC(CN(CC(C)C)C(=O)c3ccc(F)cc3)C2)cc1. The lowest BCUT2D eigenvalue weighted by Crippen LogP contribution is -2.49. The highest BCUT2D eigenvalue weighted by molar-refractivity contribution is 5.94. The van der Waals surface area contributed by atoms with E-state index < -0.39 is 0 Å². The van der Waals surface area contributed by atoms with Crippen LogP contribution >= 0.6 is 0 Å². The summed E-state index contributed by atoms with van der Waals surface area (Å²) < 4.78 is 19.2. The van der Waals surface area contributed by atoms with Crippen LogP contribution < -0.4 is 0 Å². The number of morpholine rings is 1. The van der Waals surface area contributed by atoms with Crippen molar-refractivity contribution in [2.24, 2.45) is 5.92 Å². The van der Waals surface area contributed by atoms with Crippen LogP contribution in [-0.4, -0.2) is 54.6 Å². The molecule has 0 N–H and O–H groups in total. The van der Waals surface area contributed by atoms with E-state index in [-0.39, 0.29) is 17.8 Å². The van der Waals surface area contributed by atoms with Gasteiger partial charge in [0.1, 0.15) is 5.82 Å². The van der Waals surface area contributed by atoms with Crippen LogP contribution in [0.2, 0.25) is 0 Å². The molecular weight excluding hydrogens is 367 g/mol. The highest BCUT2D eigenvalue weighted by Gasteiger charge is 2.26. The van der Waals surface area contributed by atoms with Crippen LogP contribution in [0.25, 0.3) is 0 Å². The summed E-state index contributed by atoms with van der Waals surface area (Å²) in [6.07, 6.45) is -0.0302. The Morgan fingerprint density at radius 1 is 1.17 bits per heavy atom. The standard InChI is InChI=1S/C24H31FN2O2/c1-18(2)14-27(24(28)21-8-10-22(25)11-9-21)17-23-16-26(12-13-29-23)15-20-6-4-19(3)5-7-20/h4-11,18,23H,12-17H2,1-3H3. The topological polar surface area (TPSA) is 32.8 Å². The van der Waals surface area contributed by atoms with Crippen molar-refractivity contribution >= 4 is 5.91 Å². The van der Waals surface area contributed by atoms with E-state index in [1.165, 1.54) is 23.3 Å². The van der Waals surface area contributed by atoms with Gasteiger partial charge in [0.15, 0.2) is 0 Å². The Kier molecular flexibility index (Phi) is 7.40. The minimum Gasteiger partial charge on any atom is -0.374 e. The molecule has 29 heavy (non-hydrogen) atoms. The van der Waals surface area contributed by atoms with Crippen LogP contribution in [0.1, 0.15) is 35.3 Å². The first-order valence-corrected chi connectivity index (χ1v) is 10.3. The molecule has 1 atom stereocenters. The maximum Gasteiger partial charge on any atom is 0.253 e. The van der Waals surface area contributed by atoms with E-state index >= 15 is 0 Å². The number of benzene rings is 2. The monoisotopic (exact) mass is 398 g/mol. The van der Waals surface area contributed by atoms with Gasteiger partial charge in [-0.05, 0) is 42.7 Å². The molecule has 2 aromatic carbocycles. The van der Waals surface area contributed by atoms with Crippen LogP contribution in [0.3, 0.4) is 0 Å². The second-order valence-electron chi connectivity index (χ2n) is 8.32. The van der Waals surface area contributed by atoms with Gasteiger partial charge in [-0.2, -0.15) is 0 Å². The molecular formula is C24H31FN2O2. The number of hydrogen-bond acceptors (Lipinski definition) is 3. The molecule has 2 aromatic rings. The average molecular weight is 399 g/mol. The molecule has 3 rings (SSSR count). The molecule has 0 aromatic heterocycles. The molecule has 5 heteroatoms. The highest BCUT2D eigenvalue weighted by Crippen LogP contribution is 2.15. The van der Waals surface area contributed by atoms with Crippen LogP contribution in [0.15, 0.2) is 48.5 Å². The molecule has 0 radical (unpaired) electrons. The summed E-state index contributed by atoms with van der Waals surface area (Å²) in [6, 6.07) is 14.4. The summed E-state index contributed by atoms with van der Waals surface area (Å²) in [4.78, 5) is 17.2. The second-order valence-corrected chi connectivity index (χ2v) is 8.32. The van der Waals surface area contributed by atoms with Gasteiger partial charge in [-0.15, -0.1) is 0 Å². The van der Waals surface area contributed by atoms with E-state index in [2.05, 4.69) is 49.9 Å². The van der Waals surface area contributed by atoms with Gasteiger partial charge in [0, 0.05) is 38.3 Å². The van der Waals surface area contributed by atoms with Gasteiger partial charge in [0.2, 0.25) is 0 Å². The second kappa shape index (κ2) is 9.99. The smallest absolute Gasteiger partial charge is 0.253 e. The van der Waals surface area contributed by atoms with Crippen molar-refractivity contribution in [2.45, 2.75) is 33.4 Å². The Bertz CT molecular complexity index is 790. The van der Waals surface area contributed by atoms with Gasteiger partial charge in [-0.1, -0.05) is 43.7 Å². The zero-order valence-corrected chi connectivity index (χ0v) is 17.6. The van der Waals surface area contributed by atoms with Crippen molar-refractivity contribution in [3.63, 3.8) is 0 Å². The molecule has 0 spiro atoms. The third kappa shape index (κ3) is 6.38. The van der Waals surface area contributed by atoms with E-state index in [1.807, 2.05) is 4.90 Å². The Morgan fingerprint density at radius 3 is 2.52 bits per heavy atom. The Morgan fingerprint density at radius 2 is 1.86 bits per heavy atom. The van der Waals surface area contributed by atoms with Crippen LogP contribution in [-0.2, 0) is 11.3 Å². The summed E-state index contributed by atoms with van der Waals surface area (Å²) >= 11 is 0. The van der Waals surface area contributed by atoms with Gasteiger partial charge in [-0.3, -0.25) is 9.69 Å². The first kappa shape index (κ1) is 21.5. The van der Waals surface area contributed by atoms with Crippen molar-refractivity contribution in [1.29, 1.82) is 0 Å². The zero-order chi connectivity index (χ0) is 20.8. The number of carbonyl (C=O) groups excluding carboxylic acids is 1. The number of nitrogens with zero attached hydrogens (tertiary/aromatic N) is 2. The molecule has 4 nitrogen and oxygen atoms in total. The summed E-state index contributed by atoms with van der Waals surface area (Å²) in [5.41, 5.74) is 3.06. The molecule has 1 heterocycles. The fourth-order valence-electron chi connectivity index (χ4n) is 3.69. The molecule has 1 aliphatic heterocycles. The summed E-state index contributed by atoms with van der Waals surface area (Å²) in [6.45, 7) is 10.7. The maximum absolute atomic E-state index is 13.2. The largest absolute Gasteiger partial charge is 0.374 e. The molecule has 0 saturated carbocycles. The Hall–Kier alpha value is -2.24. The van der Waals surface area contributed by atoms with Crippen molar-refractivity contribution in [3.8, 4) is 0 Å². The van der Waals surface area contributed by atoms with E-state index in [0.29, 0.717) is 31.2 Å². The number of ether oxygens (including phenoxy) is 1. The lowest BCUT2D eigenvalue weighted by molar-refractivity contribution is -0.0438. The van der Waals surface area contributed by atoms with Crippen LogP contribution in [0.4, 0.5) is 4.39 Å². The Labute approximate surface area is 173 Å². The number of carbonyl (C=O) groups is 1. The minimum absolute atomic E-state index is 0.0302. The third-order valence-corrected chi connectivity index (χ3v) is 5.14. The van der Waals surface area contributed by atoms with Crippen molar-refractivity contribution in [1.82, 2.24) is 9.80 Å². The number of halogens is 1. The summed E-state index contributed by atoms with van der Waals surface area (Å²) in [7, 11) is 0. The molecule has 1 unspecified atom stereocenters. The predicted molar refractivity (Wildman–Crippen MR) is 113 cm³/mol. The highest BCUT2D eigenvalue weighted by atomic mass is 19.1. The fraction of sp³-hybridized carbons (Fsp3) is 0.458. The molecule has 1 fully saturated rings. The summed E-state index contributed by atoms with van der Waals surface area (Å²) in [5, 5.41) is 0. The number of hydrogen-bond donors (Lipinski definition) is 0. The zero-order valence-electron chi connectivity index (χ0n) is 17.6. The summed E-state index contributed by atoms with van der Waals surface area (Å²) in [5.74, 6) is -0.0658. The molecule has 1 amide bonds. The minimum atomic E-state index is -0.334. The molecule has 0 bridgehead atoms. The third-order valence-electron chi connectivity index (χ3n) is 5.14. The van der Waals surface area contributed by atoms with E-state index in [4.69, 9.17) is 4.74 Å². The number of rotatable bonds is 7. The number of aryl methyl sites for hydroxylation is 1. The predicted octanol–water partition coefficient (Wildman–Crippen LogP) is 4.13. The first-order valence-electron chi connectivity index (χ1n) is 10.3. The maximum atomic E-state index is 13.2. The lowest BCUT2D eigenvalue weighted by Gasteiger charge is -2.36. The van der Waals surface area contributed by atoms with Crippen molar-refractivity contribution in [3.05, 3.63) is 71.0 Å². The van der Waals surface area contributed by atoms with Gasteiger partial charge >= 0.3 is 0 Å². The van der Waals surface area contributed by atoms with Gasteiger partial charge < -0.3 is 9.64 Å². The molecule has 1 saturated heterocycles. The molecule has 156 valence electrons. The van der Waals surface area contributed by atoms with Crippen molar-refractivity contribution in [2.75, 3.05) is 32.8 Å².